The highest BCUT2D eigenvalue weighted by Crippen LogP contribution is 2.21. The molecule has 2 rings (SSSR count). The number of rotatable bonds is 2. The molecular weight excluding hydrogens is 275 g/mol. The molecule has 2 N–H and O–H groups in total. The van der Waals surface area contributed by atoms with Crippen molar-refractivity contribution in [2.24, 2.45) is 0 Å². The van der Waals surface area contributed by atoms with E-state index in [0.717, 1.165) is 25.7 Å². The smallest absolute Gasteiger partial charge is 0.254 e. The minimum atomic E-state index is -0.245. The van der Waals surface area contributed by atoms with Gasteiger partial charge in [-0.25, -0.2) is 4.98 Å². The van der Waals surface area contributed by atoms with E-state index in [-0.39, 0.29) is 23.2 Å². The zero-order valence-corrected chi connectivity index (χ0v) is 11.2. The zero-order chi connectivity index (χ0) is 13.1. The maximum Gasteiger partial charge on any atom is 0.254 e. The molecule has 0 bridgehead atoms. The van der Waals surface area contributed by atoms with E-state index in [0.29, 0.717) is 10.6 Å². The number of amides is 1. The molecule has 0 aliphatic heterocycles. The summed E-state index contributed by atoms with van der Waals surface area (Å²) in [5.74, 6) is -0.245. The second-order valence-electron chi connectivity index (χ2n) is 4.47. The van der Waals surface area contributed by atoms with Gasteiger partial charge in [-0.15, -0.1) is 0 Å². The molecule has 6 heteroatoms. The lowest BCUT2D eigenvalue weighted by molar-refractivity contribution is 0.0867. The van der Waals surface area contributed by atoms with Crippen LogP contribution >= 0.6 is 23.2 Å². The van der Waals surface area contributed by atoms with Gasteiger partial charge in [0.05, 0.1) is 16.7 Å². The van der Waals surface area contributed by atoms with Crippen molar-refractivity contribution < 1.29 is 9.90 Å². The Morgan fingerprint density at radius 1 is 1.33 bits per heavy atom. The molecule has 1 aromatic rings. The Morgan fingerprint density at radius 3 is 2.61 bits per heavy atom. The van der Waals surface area contributed by atoms with Crippen LogP contribution in [0.3, 0.4) is 0 Å². The van der Waals surface area contributed by atoms with Crippen LogP contribution in [0.2, 0.25) is 10.2 Å². The molecule has 0 saturated heterocycles. The fourth-order valence-electron chi connectivity index (χ4n) is 2.06. The van der Waals surface area contributed by atoms with Crippen LogP contribution < -0.4 is 5.32 Å². The number of aromatic nitrogens is 1. The van der Waals surface area contributed by atoms with Crippen LogP contribution in [0, 0.1) is 0 Å². The van der Waals surface area contributed by atoms with Crippen LogP contribution in [-0.2, 0) is 0 Å². The second-order valence-corrected chi connectivity index (χ2v) is 5.26. The van der Waals surface area contributed by atoms with Gasteiger partial charge in [0.2, 0.25) is 0 Å². The fraction of sp³-hybridized carbons (Fsp3) is 0.500. The summed E-state index contributed by atoms with van der Waals surface area (Å²) >= 11 is 11.6. The lowest BCUT2D eigenvalue weighted by Gasteiger charge is -2.26. The number of carbonyl (C=O) groups excluding carboxylic acids is 1. The van der Waals surface area contributed by atoms with Gasteiger partial charge in [-0.05, 0) is 31.7 Å². The van der Waals surface area contributed by atoms with E-state index in [2.05, 4.69) is 10.3 Å². The average Bonchev–Trinajstić information content (AvgIpc) is 2.32. The summed E-state index contributed by atoms with van der Waals surface area (Å²) in [7, 11) is 0. The molecule has 0 atom stereocenters. The Bertz CT molecular complexity index is 446. The van der Waals surface area contributed by atoms with Crippen molar-refractivity contribution in [1.82, 2.24) is 10.3 Å². The van der Waals surface area contributed by atoms with Crippen molar-refractivity contribution in [3.05, 3.63) is 28.0 Å². The third-order valence-electron chi connectivity index (χ3n) is 3.10. The van der Waals surface area contributed by atoms with Gasteiger partial charge in [0.15, 0.2) is 0 Å². The van der Waals surface area contributed by atoms with Crippen LogP contribution in [0.1, 0.15) is 36.0 Å². The molecule has 1 aliphatic rings. The standard InChI is InChI=1S/C12H14Cl2N2O2/c13-10-5-11(14)15-6-9(10)12(18)16-7-1-3-8(17)4-2-7/h5-8,17H,1-4H2,(H,16,18). The van der Waals surface area contributed by atoms with Crippen molar-refractivity contribution in [2.45, 2.75) is 37.8 Å². The van der Waals surface area contributed by atoms with Gasteiger partial charge in [-0.1, -0.05) is 23.2 Å². The number of nitrogens with zero attached hydrogens (tertiary/aromatic N) is 1. The first-order valence-corrected chi connectivity index (χ1v) is 6.62. The van der Waals surface area contributed by atoms with Gasteiger partial charge in [0.25, 0.3) is 5.91 Å². The van der Waals surface area contributed by atoms with Gasteiger partial charge in [0, 0.05) is 12.2 Å². The Kier molecular flexibility index (Phi) is 4.43. The van der Waals surface area contributed by atoms with Crippen molar-refractivity contribution in [3.8, 4) is 0 Å². The Hall–Kier alpha value is -0.840. The number of hydrogen-bond acceptors (Lipinski definition) is 3. The van der Waals surface area contributed by atoms with Crippen molar-refractivity contribution in [3.63, 3.8) is 0 Å². The van der Waals surface area contributed by atoms with Crippen molar-refractivity contribution in [2.75, 3.05) is 0 Å². The summed E-state index contributed by atoms with van der Waals surface area (Å²) in [5, 5.41) is 12.8. The topological polar surface area (TPSA) is 62.2 Å². The third-order valence-corrected chi connectivity index (χ3v) is 3.62. The van der Waals surface area contributed by atoms with E-state index >= 15 is 0 Å². The molecule has 0 radical (unpaired) electrons. The molecule has 4 nitrogen and oxygen atoms in total. The summed E-state index contributed by atoms with van der Waals surface area (Å²) in [6.07, 6.45) is 4.14. The van der Waals surface area contributed by atoms with Crippen LogP contribution in [-0.4, -0.2) is 28.1 Å². The predicted octanol–water partition coefficient (Wildman–Crippen LogP) is 2.42. The van der Waals surface area contributed by atoms with Gasteiger partial charge in [-0.3, -0.25) is 4.79 Å². The summed E-state index contributed by atoms with van der Waals surface area (Å²) in [6.45, 7) is 0. The summed E-state index contributed by atoms with van der Waals surface area (Å²) in [4.78, 5) is 15.8. The first kappa shape index (κ1) is 13.6. The highest BCUT2D eigenvalue weighted by molar-refractivity contribution is 6.36. The first-order valence-electron chi connectivity index (χ1n) is 5.86. The number of halogens is 2. The number of hydrogen-bond donors (Lipinski definition) is 2. The lowest BCUT2D eigenvalue weighted by Crippen LogP contribution is -2.38. The predicted molar refractivity (Wildman–Crippen MR) is 70.0 cm³/mol. The number of nitrogens with one attached hydrogen (secondary N) is 1. The molecule has 1 aliphatic carbocycles. The van der Waals surface area contributed by atoms with E-state index < -0.39 is 0 Å². The monoisotopic (exact) mass is 288 g/mol. The molecule has 1 heterocycles. The van der Waals surface area contributed by atoms with E-state index in [1.165, 1.54) is 12.3 Å². The molecule has 0 unspecified atom stereocenters. The number of aliphatic hydroxyl groups excluding tert-OH is 1. The lowest BCUT2D eigenvalue weighted by atomic mass is 9.93. The fourth-order valence-corrected chi connectivity index (χ4v) is 2.51. The van der Waals surface area contributed by atoms with Gasteiger partial charge < -0.3 is 10.4 Å². The zero-order valence-electron chi connectivity index (χ0n) is 9.70. The SMILES string of the molecule is O=C(NC1CCC(O)CC1)c1cnc(Cl)cc1Cl. The van der Waals surface area contributed by atoms with Crippen molar-refractivity contribution in [1.29, 1.82) is 0 Å². The van der Waals surface area contributed by atoms with Crippen LogP contribution in [0.25, 0.3) is 0 Å². The van der Waals surface area contributed by atoms with Gasteiger partial charge in [-0.2, -0.15) is 0 Å². The maximum absolute atomic E-state index is 12.0. The minimum absolute atomic E-state index is 0.0904. The van der Waals surface area contributed by atoms with Gasteiger partial charge in [0.1, 0.15) is 5.15 Å². The minimum Gasteiger partial charge on any atom is -0.393 e. The third kappa shape index (κ3) is 3.34. The average molecular weight is 289 g/mol. The molecule has 1 saturated carbocycles. The molecular formula is C12H14Cl2N2O2. The largest absolute Gasteiger partial charge is 0.393 e. The Labute approximate surface area is 115 Å². The molecule has 98 valence electrons. The second kappa shape index (κ2) is 5.87. The highest BCUT2D eigenvalue weighted by atomic mass is 35.5. The van der Waals surface area contributed by atoms with Crippen LogP contribution in [0.15, 0.2) is 12.3 Å². The van der Waals surface area contributed by atoms with Crippen molar-refractivity contribution >= 4 is 29.1 Å². The van der Waals surface area contributed by atoms with E-state index in [1.54, 1.807) is 0 Å². The Balaban J connectivity index is 1.99. The molecule has 0 spiro atoms. The summed E-state index contributed by atoms with van der Waals surface area (Å²) in [5.41, 5.74) is 0.326. The summed E-state index contributed by atoms with van der Waals surface area (Å²) < 4.78 is 0. The number of aliphatic hydroxyl groups is 1. The van der Waals surface area contributed by atoms with E-state index in [9.17, 15) is 9.90 Å². The van der Waals surface area contributed by atoms with Crippen LogP contribution in [0.4, 0.5) is 0 Å². The summed E-state index contributed by atoms with van der Waals surface area (Å²) in [6, 6.07) is 1.54. The highest BCUT2D eigenvalue weighted by Gasteiger charge is 2.22. The number of pyridine rings is 1. The molecule has 1 amide bonds. The molecule has 1 fully saturated rings. The molecule has 1 aromatic heterocycles. The van der Waals surface area contributed by atoms with E-state index in [4.69, 9.17) is 23.2 Å². The maximum atomic E-state index is 12.0. The Morgan fingerprint density at radius 2 is 2.00 bits per heavy atom. The quantitative estimate of drug-likeness (QED) is 0.822. The van der Waals surface area contributed by atoms with Gasteiger partial charge >= 0.3 is 0 Å². The normalized spacial score (nSPS) is 23.7. The molecule has 18 heavy (non-hydrogen) atoms. The molecule has 0 aromatic carbocycles. The van der Waals surface area contributed by atoms with Crippen LogP contribution in [0.5, 0.6) is 0 Å². The first-order chi connectivity index (χ1) is 8.56. The van der Waals surface area contributed by atoms with E-state index in [1.807, 2.05) is 0 Å². The number of carbonyl (C=O) groups is 1.